The van der Waals surface area contributed by atoms with Crippen LogP contribution in [0.15, 0.2) is 36.4 Å². The van der Waals surface area contributed by atoms with Gasteiger partial charge in [-0.05, 0) is 48.7 Å². The number of nitrogens with zero attached hydrogens (tertiary/aromatic N) is 1. The van der Waals surface area contributed by atoms with Crippen LogP contribution in [-0.2, 0) is 11.2 Å². The summed E-state index contributed by atoms with van der Waals surface area (Å²) in [5, 5.41) is 0. The molecule has 6 nitrogen and oxygen atoms in total. The Bertz CT molecular complexity index is 866. The third-order valence-electron chi connectivity index (χ3n) is 5.25. The van der Waals surface area contributed by atoms with Gasteiger partial charge in [-0.2, -0.15) is 0 Å². The molecule has 0 aliphatic carbocycles. The van der Waals surface area contributed by atoms with Crippen LogP contribution in [0.3, 0.4) is 0 Å². The summed E-state index contributed by atoms with van der Waals surface area (Å²) in [6, 6.07) is 11.3. The Morgan fingerprint density at radius 1 is 1.11 bits per heavy atom. The molecule has 2 aliphatic rings. The molecule has 2 heterocycles. The topological polar surface area (TPSA) is 57.2 Å². The lowest BCUT2D eigenvalue weighted by atomic mass is 9.92. The zero-order chi connectivity index (χ0) is 19.0. The molecule has 0 saturated carbocycles. The van der Waals surface area contributed by atoms with Crippen molar-refractivity contribution in [3.63, 3.8) is 0 Å². The number of hydrogen-bond acceptors (Lipinski definition) is 5. The van der Waals surface area contributed by atoms with Gasteiger partial charge in [0.25, 0.3) is 5.91 Å². The van der Waals surface area contributed by atoms with Gasteiger partial charge in [0, 0.05) is 6.54 Å². The fourth-order valence-corrected chi connectivity index (χ4v) is 3.77. The van der Waals surface area contributed by atoms with Crippen molar-refractivity contribution in [2.45, 2.75) is 25.5 Å². The van der Waals surface area contributed by atoms with Crippen molar-refractivity contribution in [3.8, 4) is 23.0 Å². The maximum Gasteiger partial charge on any atom is 0.267 e. The molecular formula is C21H23NO5. The van der Waals surface area contributed by atoms with Crippen molar-refractivity contribution in [1.29, 1.82) is 0 Å². The van der Waals surface area contributed by atoms with E-state index in [0.29, 0.717) is 29.5 Å². The van der Waals surface area contributed by atoms with Gasteiger partial charge >= 0.3 is 0 Å². The monoisotopic (exact) mass is 369 g/mol. The van der Waals surface area contributed by atoms with Crippen molar-refractivity contribution in [2.75, 3.05) is 27.4 Å². The number of carbonyl (C=O) groups excluding carboxylic acids is 1. The van der Waals surface area contributed by atoms with Gasteiger partial charge in [-0.25, -0.2) is 0 Å². The molecule has 6 heteroatoms. The van der Waals surface area contributed by atoms with Crippen LogP contribution in [0.5, 0.6) is 23.0 Å². The number of fused-ring (bicyclic) bond motifs is 2. The first kappa shape index (κ1) is 17.5. The highest BCUT2D eigenvalue weighted by Crippen LogP contribution is 2.39. The number of para-hydroxylation sites is 2. The average molecular weight is 369 g/mol. The van der Waals surface area contributed by atoms with E-state index in [2.05, 4.69) is 0 Å². The van der Waals surface area contributed by atoms with Gasteiger partial charge in [0.15, 0.2) is 23.0 Å². The first-order valence-electron chi connectivity index (χ1n) is 9.06. The average Bonchev–Trinajstić information content (AvgIpc) is 2.72. The van der Waals surface area contributed by atoms with Gasteiger partial charge in [-0.1, -0.05) is 12.1 Å². The van der Waals surface area contributed by atoms with Crippen molar-refractivity contribution in [3.05, 3.63) is 47.5 Å². The molecule has 1 amide bonds. The Balaban J connectivity index is 1.57. The molecule has 142 valence electrons. The third-order valence-corrected chi connectivity index (χ3v) is 5.25. The normalized spacial score (nSPS) is 20.6. The highest BCUT2D eigenvalue weighted by molar-refractivity contribution is 5.82. The van der Waals surface area contributed by atoms with E-state index in [4.69, 9.17) is 18.9 Å². The molecule has 2 aliphatic heterocycles. The van der Waals surface area contributed by atoms with Crippen molar-refractivity contribution >= 4 is 5.91 Å². The molecule has 0 bridgehead atoms. The van der Waals surface area contributed by atoms with E-state index in [1.54, 1.807) is 14.2 Å². The SMILES string of the molecule is COc1cc2c(cc1OC)[C@H](C)N(C(=O)[C@@H]1COc3ccccc3O1)CC2. The van der Waals surface area contributed by atoms with Crippen molar-refractivity contribution in [2.24, 2.45) is 0 Å². The quantitative estimate of drug-likeness (QED) is 0.833. The van der Waals surface area contributed by atoms with Gasteiger partial charge < -0.3 is 23.8 Å². The Kier molecular flexibility index (Phi) is 4.56. The van der Waals surface area contributed by atoms with Crippen LogP contribution in [0.4, 0.5) is 0 Å². The summed E-state index contributed by atoms with van der Waals surface area (Å²) in [6.07, 6.45) is 0.125. The minimum Gasteiger partial charge on any atom is -0.493 e. The second-order valence-corrected chi connectivity index (χ2v) is 6.73. The first-order chi connectivity index (χ1) is 13.1. The Hall–Kier alpha value is -2.89. The van der Waals surface area contributed by atoms with Crippen LogP contribution in [0.25, 0.3) is 0 Å². The van der Waals surface area contributed by atoms with Crippen LogP contribution in [-0.4, -0.2) is 44.3 Å². The molecule has 0 radical (unpaired) electrons. The first-order valence-corrected chi connectivity index (χ1v) is 9.06. The van der Waals surface area contributed by atoms with Crippen LogP contribution in [0, 0.1) is 0 Å². The van der Waals surface area contributed by atoms with Crippen LogP contribution >= 0.6 is 0 Å². The number of carbonyl (C=O) groups is 1. The lowest BCUT2D eigenvalue weighted by Gasteiger charge is -2.38. The Morgan fingerprint density at radius 2 is 1.81 bits per heavy atom. The fourth-order valence-electron chi connectivity index (χ4n) is 3.77. The molecule has 0 fully saturated rings. The number of ether oxygens (including phenoxy) is 4. The lowest BCUT2D eigenvalue weighted by Crippen LogP contribution is -2.49. The molecule has 0 unspecified atom stereocenters. The van der Waals surface area contributed by atoms with E-state index in [1.807, 2.05) is 48.2 Å². The smallest absolute Gasteiger partial charge is 0.267 e. The molecule has 4 rings (SSSR count). The standard InChI is InChI=1S/C21H23NO5/c1-13-15-11-19(25-3)18(24-2)10-14(15)8-9-22(13)21(23)20-12-26-16-6-4-5-7-17(16)27-20/h4-7,10-11,13,20H,8-9,12H2,1-3H3/t13-,20-/m0/s1. The maximum atomic E-state index is 13.1. The summed E-state index contributed by atoms with van der Waals surface area (Å²) >= 11 is 0. The van der Waals surface area contributed by atoms with Crippen molar-refractivity contribution < 1.29 is 23.7 Å². The molecule has 27 heavy (non-hydrogen) atoms. The van der Waals surface area contributed by atoms with E-state index >= 15 is 0 Å². The summed E-state index contributed by atoms with van der Waals surface area (Å²) in [7, 11) is 3.25. The molecule has 2 aromatic rings. The van der Waals surface area contributed by atoms with E-state index in [1.165, 1.54) is 5.56 Å². The molecular weight excluding hydrogens is 346 g/mol. The Morgan fingerprint density at radius 3 is 2.56 bits per heavy atom. The predicted octanol–water partition coefficient (Wildman–Crippen LogP) is 2.99. The maximum absolute atomic E-state index is 13.1. The zero-order valence-corrected chi connectivity index (χ0v) is 15.7. The van der Waals surface area contributed by atoms with Gasteiger partial charge in [0.2, 0.25) is 6.10 Å². The summed E-state index contributed by atoms with van der Waals surface area (Å²) < 4.78 is 22.4. The summed E-state index contributed by atoms with van der Waals surface area (Å²) in [4.78, 5) is 15.0. The molecule has 0 saturated heterocycles. The van der Waals surface area contributed by atoms with E-state index < -0.39 is 6.10 Å². The predicted molar refractivity (Wildman–Crippen MR) is 99.7 cm³/mol. The molecule has 0 N–H and O–H groups in total. The van der Waals surface area contributed by atoms with Gasteiger partial charge in [0.1, 0.15) is 6.61 Å². The Labute approximate surface area is 158 Å². The van der Waals surface area contributed by atoms with Crippen LogP contribution in [0.2, 0.25) is 0 Å². The number of methoxy groups -OCH3 is 2. The highest BCUT2D eigenvalue weighted by Gasteiger charge is 2.36. The second-order valence-electron chi connectivity index (χ2n) is 6.73. The molecule has 2 atom stereocenters. The minimum atomic E-state index is -0.635. The molecule has 0 spiro atoms. The van der Waals surface area contributed by atoms with Gasteiger partial charge in [0.05, 0.1) is 20.3 Å². The highest BCUT2D eigenvalue weighted by atomic mass is 16.6. The van der Waals surface area contributed by atoms with Gasteiger partial charge in [-0.3, -0.25) is 4.79 Å². The van der Waals surface area contributed by atoms with Crippen LogP contribution in [0.1, 0.15) is 24.1 Å². The lowest BCUT2D eigenvalue weighted by molar-refractivity contribution is -0.143. The summed E-state index contributed by atoms with van der Waals surface area (Å²) in [6.45, 7) is 2.88. The van der Waals surface area contributed by atoms with E-state index in [0.717, 1.165) is 12.0 Å². The van der Waals surface area contributed by atoms with Crippen molar-refractivity contribution in [1.82, 2.24) is 4.90 Å². The molecule has 0 aromatic heterocycles. The largest absolute Gasteiger partial charge is 0.493 e. The number of rotatable bonds is 3. The summed E-state index contributed by atoms with van der Waals surface area (Å²) in [5.74, 6) is 2.61. The van der Waals surface area contributed by atoms with Gasteiger partial charge in [-0.15, -0.1) is 0 Å². The molecule has 2 aromatic carbocycles. The second kappa shape index (κ2) is 7.02. The minimum absolute atomic E-state index is 0.0579. The number of hydrogen-bond donors (Lipinski definition) is 0. The fraction of sp³-hybridized carbons (Fsp3) is 0.381. The van der Waals surface area contributed by atoms with Crippen LogP contribution < -0.4 is 18.9 Å². The number of amides is 1. The third kappa shape index (κ3) is 3.05. The van der Waals surface area contributed by atoms with E-state index in [-0.39, 0.29) is 18.6 Å². The summed E-state index contributed by atoms with van der Waals surface area (Å²) in [5.41, 5.74) is 2.25. The zero-order valence-electron chi connectivity index (χ0n) is 15.7. The number of benzene rings is 2. The van der Waals surface area contributed by atoms with E-state index in [9.17, 15) is 4.79 Å².